The fraction of sp³-hybridized carbons (Fsp3) is 0.222. The van der Waals surface area contributed by atoms with Crippen LogP contribution in [0.25, 0.3) is 11.0 Å². The average Bonchev–Trinajstić information content (AvgIpc) is 3.23. The van der Waals surface area contributed by atoms with E-state index in [0.29, 0.717) is 29.0 Å². The zero-order chi connectivity index (χ0) is 26.4. The summed E-state index contributed by atoms with van der Waals surface area (Å²) in [5.74, 6) is 0.623. The molecule has 2 heterocycles. The fourth-order valence-electron chi connectivity index (χ4n) is 3.92. The molecule has 1 amide bonds. The lowest BCUT2D eigenvalue weighted by Crippen LogP contribution is -2.34. The Hall–Kier alpha value is -4.44. The van der Waals surface area contributed by atoms with Gasteiger partial charge in [-0.2, -0.15) is 0 Å². The van der Waals surface area contributed by atoms with E-state index >= 15 is 0 Å². The smallest absolute Gasteiger partial charge is 0.307 e. The van der Waals surface area contributed by atoms with Gasteiger partial charge in [-0.25, -0.2) is 9.97 Å². The Morgan fingerprint density at radius 2 is 1.84 bits per heavy atom. The Morgan fingerprint density at radius 3 is 2.50 bits per heavy atom. The molecule has 2 aromatic heterocycles. The van der Waals surface area contributed by atoms with Crippen LogP contribution in [0.5, 0.6) is 0 Å². The van der Waals surface area contributed by atoms with Gasteiger partial charge in [-0.15, -0.1) is 12.4 Å². The summed E-state index contributed by atoms with van der Waals surface area (Å²) in [7, 11) is 1.92. The maximum atomic E-state index is 13.5. The highest BCUT2D eigenvalue weighted by molar-refractivity contribution is 6.07. The number of ether oxygens (including phenoxy) is 1. The van der Waals surface area contributed by atoms with Crippen LogP contribution in [0, 0.1) is 5.41 Å². The molecule has 2 aromatic carbocycles. The lowest BCUT2D eigenvalue weighted by atomic mass is 10.1. The second kappa shape index (κ2) is 12.7. The molecular formula is C27H30ClN7O3. The highest BCUT2D eigenvalue weighted by atomic mass is 35.5. The van der Waals surface area contributed by atoms with Gasteiger partial charge in [0.1, 0.15) is 17.5 Å². The minimum atomic E-state index is -0.371. The number of hydrogen-bond donors (Lipinski definition) is 3. The minimum absolute atomic E-state index is 0. The number of amides is 1. The first kappa shape index (κ1) is 28.1. The van der Waals surface area contributed by atoms with Gasteiger partial charge in [0.2, 0.25) is 0 Å². The molecule has 11 heteroatoms. The van der Waals surface area contributed by atoms with Crippen molar-refractivity contribution in [2.24, 2.45) is 12.8 Å². The van der Waals surface area contributed by atoms with Gasteiger partial charge in [-0.3, -0.25) is 19.9 Å². The van der Waals surface area contributed by atoms with E-state index in [0.717, 1.165) is 17.0 Å². The Balaban J connectivity index is 0.00000400. The van der Waals surface area contributed by atoms with E-state index in [4.69, 9.17) is 20.9 Å². The van der Waals surface area contributed by atoms with Crippen molar-refractivity contribution in [1.82, 2.24) is 14.5 Å². The van der Waals surface area contributed by atoms with Crippen molar-refractivity contribution in [3.8, 4) is 0 Å². The van der Waals surface area contributed by atoms with Gasteiger partial charge < -0.3 is 20.4 Å². The Labute approximate surface area is 226 Å². The summed E-state index contributed by atoms with van der Waals surface area (Å²) in [5.41, 5.74) is 9.07. The summed E-state index contributed by atoms with van der Waals surface area (Å²) in [4.78, 5) is 36.0. The normalized spacial score (nSPS) is 10.5. The fourth-order valence-corrected chi connectivity index (χ4v) is 3.92. The molecular weight excluding hydrogens is 512 g/mol. The number of nitrogens with one attached hydrogen (secondary N) is 2. The quantitative estimate of drug-likeness (QED) is 0.157. The lowest BCUT2D eigenvalue weighted by molar-refractivity contribution is -0.142. The van der Waals surface area contributed by atoms with E-state index in [1.165, 1.54) is 4.90 Å². The van der Waals surface area contributed by atoms with Crippen molar-refractivity contribution < 1.29 is 14.3 Å². The molecule has 4 N–H and O–H groups in total. The van der Waals surface area contributed by atoms with Crippen LogP contribution in [0.2, 0.25) is 0 Å². The van der Waals surface area contributed by atoms with Crippen molar-refractivity contribution in [2.45, 2.75) is 19.9 Å². The van der Waals surface area contributed by atoms with Crippen molar-refractivity contribution >= 4 is 52.7 Å². The molecule has 0 radical (unpaired) electrons. The Morgan fingerprint density at radius 1 is 1.11 bits per heavy atom. The first-order chi connectivity index (χ1) is 17.9. The number of anilines is 2. The zero-order valence-electron chi connectivity index (χ0n) is 21.2. The van der Waals surface area contributed by atoms with Gasteiger partial charge >= 0.3 is 5.97 Å². The number of fused-ring (bicyclic) bond motifs is 1. The number of halogens is 1. The monoisotopic (exact) mass is 541 g/mol. The summed E-state index contributed by atoms with van der Waals surface area (Å²) < 4.78 is 7.00. The predicted octanol–water partition coefficient (Wildman–Crippen LogP) is 3.89. The third kappa shape index (κ3) is 6.46. The molecule has 10 nitrogen and oxygen atoms in total. The summed E-state index contributed by atoms with van der Waals surface area (Å²) in [6.45, 7) is 2.64. The van der Waals surface area contributed by atoms with Crippen LogP contribution < -0.4 is 16.0 Å². The van der Waals surface area contributed by atoms with Crippen LogP contribution in [-0.2, 0) is 23.1 Å². The topological polar surface area (TPSA) is 139 Å². The number of aromatic nitrogens is 3. The van der Waals surface area contributed by atoms with Gasteiger partial charge in [-0.05, 0) is 61.5 Å². The highest BCUT2D eigenvalue weighted by Gasteiger charge is 2.21. The number of nitrogens with zero attached hydrogens (tertiary/aromatic N) is 4. The van der Waals surface area contributed by atoms with E-state index in [-0.39, 0.29) is 49.7 Å². The maximum absolute atomic E-state index is 13.5. The van der Waals surface area contributed by atoms with Crippen molar-refractivity contribution in [3.05, 3.63) is 83.8 Å². The molecule has 0 bridgehead atoms. The number of carbonyl (C=O) groups excluding carboxylic acids is 2. The number of esters is 1. The number of nitrogens with two attached hydrogens (primary N) is 1. The van der Waals surface area contributed by atoms with E-state index < -0.39 is 0 Å². The largest absolute Gasteiger partial charge is 0.466 e. The molecule has 0 saturated carbocycles. The van der Waals surface area contributed by atoms with Crippen LogP contribution in [0.3, 0.4) is 0 Å². The molecule has 38 heavy (non-hydrogen) atoms. The SMILES string of the molecule is CCOC(=O)CCN(C(=O)c1ccc2c(c1)nc(CN[13c]1[13cH][13cH][13c](C(=N)N)[13cH][13cH]1)n2C)c1ccccn1.Cl. The number of rotatable bonds is 10. The summed E-state index contributed by atoms with van der Waals surface area (Å²) in [6.07, 6.45) is 1.67. The molecule has 0 aliphatic carbocycles. The van der Waals surface area contributed by atoms with Crippen molar-refractivity contribution in [1.29, 1.82) is 5.41 Å². The Kier molecular flexibility index (Phi) is 9.39. The number of hydrogen-bond acceptors (Lipinski definition) is 7. The van der Waals surface area contributed by atoms with E-state index in [1.807, 2.05) is 29.8 Å². The molecule has 0 aliphatic heterocycles. The van der Waals surface area contributed by atoms with E-state index in [2.05, 4.69) is 10.3 Å². The van der Waals surface area contributed by atoms with Gasteiger partial charge in [0.05, 0.1) is 30.6 Å². The average molecular weight is 542 g/mol. The van der Waals surface area contributed by atoms with Crippen LogP contribution in [0.4, 0.5) is 11.5 Å². The second-order valence-electron chi connectivity index (χ2n) is 8.33. The van der Waals surface area contributed by atoms with Crippen LogP contribution >= 0.6 is 12.4 Å². The number of amidine groups is 1. The first-order valence-corrected chi connectivity index (χ1v) is 11.9. The molecule has 0 aliphatic rings. The molecule has 0 fully saturated rings. The van der Waals surface area contributed by atoms with Crippen LogP contribution in [0.15, 0.2) is 66.9 Å². The first-order valence-electron chi connectivity index (χ1n) is 11.9. The lowest BCUT2D eigenvalue weighted by Gasteiger charge is -2.21. The second-order valence-corrected chi connectivity index (χ2v) is 8.33. The number of benzene rings is 2. The van der Waals surface area contributed by atoms with Crippen molar-refractivity contribution in [2.75, 3.05) is 23.4 Å². The minimum Gasteiger partial charge on any atom is -0.466 e. The molecule has 0 atom stereocenters. The zero-order valence-corrected chi connectivity index (χ0v) is 22.0. The van der Waals surface area contributed by atoms with Gasteiger partial charge in [-0.1, -0.05) is 6.07 Å². The molecule has 4 aromatic rings. The predicted molar refractivity (Wildman–Crippen MR) is 150 cm³/mol. The van der Waals surface area contributed by atoms with E-state index in [1.54, 1.807) is 55.6 Å². The van der Waals surface area contributed by atoms with Gasteiger partial charge in [0, 0.05) is 36.6 Å². The van der Waals surface area contributed by atoms with Crippen LogP contribution in [0.1, 0.15) is 35.1 Å². The number of aryl methyl sites for hydroxylation is 1. The van der Waals surface area contributed by atoms with Gasteiger partial charge in [0.15, 0.2) is 0 Å². The van der Waals surface area contributed by atoms with E-state index in [9.17, 15) is 9.59 Å². The Bertz CT molecular complexity index is 1420. The highest BCUT2D eigenvalue weighted by Crippen LogP contribution is 2.21. The molecule has 198 valence electrons. The van der Waals surface area contributed by atoms with Crippen LogP contribution in [-0.4, -0.2) is 45.4 Å². The number of nitrogen functional groups attached to an aromatic ring is 1. The third-order valence-electron chi connectivity index (χ3n) is 5.88. The maximum Gasteiger partial charge on any atom is 0.307 e. The molecule has 0 spiro atoms. The molecule has 4 rings (SSSR count). The molecule has 0 unspecified atom stereocenters. The number of pyridine rings is 1. The molecule has 0 saturated heterocycles. The van der Waals surface area contributed by atoms with Gasteiger partial charge in [0.25, 0.3) is 5.91 Å². The number of imidazole rings is 1. The standard InChI is InChI=1S/C27H29N7O3.ClH/c1-3-37-25(35)13-15-34(23-6-4-5-14-30-23)27(36)19-9-12-22-21(16-19)32-24(33(22)2)17-31-20-10-7-18(8-11-20)26(28)29;/h4-12,14,16,31H,3,13,15,17H2,1-2H3,(H3,28,29);1H/i7+1,8+1,10+1,11+1,18+1,20+1;. The summed E-state index contributed by atoms with van der Waals surface area (Å²) >= 11 is 0. The third-order valence-corrected chi connectivity index (χ3v) is 5.88. The summed E-state index contributed by atoms with van der Waals surface area (Å²) in [6, 6.07) is 18.0. The summed E-state index contributed by atoms with van der Waals surface area (Å²) in [5, 5.41) is 10.8. The van der Waals surface area contributed by atoms with Crippen molar-refractivity contribution in [3.63, 3.8) is 0 Å². The number of carbonyl (C=O) groups is 2.